The fourth-order valence-electron chi connectivity index (χ4n) is 0.262. The number of hydrogen-bond acceptors (Lipinski definition) is 4. The van der Waals surface area contributed by atoms with Crippen molar-refractivity contribution in [1.82, 2.24) is 0 Å². The van der Waals surface area contributed by atoms with Gasteiger partial charge in [-0.3, -0.25) is 0 Å². The molecule has 76 valence electrons. The Morgan fingerprint density at radius 3 is 2.38 bits per heavy atom. The largest absolute Gasteiger partial charge is 0.460 e. The van der Waals surface area contributed by atoms with Crippen LogP contribution in [-0.4, -0.2) is 30.8 Å². The highest BCUT2D eigenvalue weighted by molar-refractivity contribution is 5.86. The van der Waals surface area contributed by atoms with Gasteiger partial charge in [-0.05, 0) is 6.92 Å². The van der Waals surface area contributed by atoms with Gasteiger partial charge >= 0.3 is 5.97 Å². The Morgan fingerprint density at radius 1 is 1.69 bits per heavy atom. The zero-order valence-corrected chi connectivity index (χ0v) is 7.95. The summed E-state index contributed by atoms with van der Waals surface area (Å²) in [6.07, 6.45) is 1.65. The van der Waals surface area contributed by atoms with Crippen LogP contribution in [0.5, 0.6) is 0 Å². The van der Waals surface area contributed by atoms with Crippen LogP contribution >= 0.6 is 0 Å². The highest BCUT2D eigenvalue weighted by Crippen LogP contribution is 1.89. The minimum atomic E-state index is -0.455. The van der Waals surface area contributed by atoms with Crippen molar-refractivity contribution in [2.45, 2.75) is 6.92 Å². The van der Waals surface area contributed by atoms with Gasteiger partial charge in [0.25, 0.3) is 0 Å². The van der Waals surface area contributed by atoms with Crippen LogP contribution in [0.4, 0.5) is 0 Å². The van der Waals surface area contributed by atoms with Gasteiger partial charge in [0.2, 0.25) is 0 Å². The quantitative estimate of drug-likeness (QED) is 0.375. The number of rotatable bonds is 4. The molecule has 0 bridgehead atoms. The number of aliphatic hydroxyl groups excluding tert-OH is 1. The summed E-state index contributed by atoms with van der Waals surface area (Å²) in [5.74, 6) is -0.455. The summed E-state index contributed by atoms with van der Waals surface area (Å²) in [6.45, 7) is 8.75. The van der Waals surface area contributed by atoms with Gasteiger partial charge in [-0.25, -0.2) is 4.79 Å². The number of carbonyl (C=O) groups excluding carboxylic acids is 1. The Bertz CT molecular complexity index is 166. The molecule has 0 aliphatic carbocycles. The van der Waals surface area contributed by atoms with Gasteiger partial charge < -0.3 is 15.6 Å². The lowest BCUT2D eigenvalue weighted by molar-refractivity contribution is -0.139. The van der Waals surface area contributed by atoms with Crippen molar-refractivity contribution in [2.24, 2.45) is 5.73 Å². The van der Waals surface area contributed by atoms with Crippen molar-refractivity contribution in [3.63, 3.8) is 0 Å². The van der Waals surface area contributed by atoms with Crippen LogP contribution in [0, 0.1) is 0 Å². The number of esters is 1. The molecule has 0 aliphatic rings. The smallest absolute Gasteiger partial charge is 0.333 e. The SMILES string of the molecule is C=C(C)C(=O)OCCO.C=CCN. The number of carbonyl (C=O) groups is 1. The lowest BCUT2D eigenvalue weighted by Gasteiger charge is -1.99. The number of aliphatic hydroxyl groups is 1. The maximum absolute atomic E-state index is 10.5. The van der Waals surface area contributed by atoms with Crippen LogP contribution in [0.1, 0.15) is 6.92 Å². The van der Waals surface area contributed by atoms with E-state index >= 15 is 0 Å². The van der Waals surface area contributed by atoms with Gasteiger partial charge in [-0.1, -0.05) is 12.7 Å². The first-order valence-electron chi connectivity index (χ1n) is 3.84. The van der Waals surface area contributed by atoms with Crippen LogP contribution in [0.2, 0.25) is 0 Å². The van der Waals surface area contributed by atoms with E-state index in [9.17, 15) is 4.79 Å². The third-order valence-electron chi connectivity index (χ3n) is 0.840. The van der Waals surface area contributed by atoms with Crippen molar-refractivity contribution in [2.75, 3.05) is 19.8 Å². The predicted molar refractivity (Wildman–Crippen MR) is 52.1 cm³/mol. The fourth-order valence-corrected chi connectivity index (χ4v) is 0.262. The Kier molecular flexibility index (Phi) is 12.0. The van der Waals surface area contributed by atoms with Gasteiger partial charge in [0.05, 0.1) is 6.61 Å². The van der Waals surface area contributed by atoms with Crippen LogP contribution in [0.3, 0.4) is 0 Å². The highest BCUT2D eigenvalue weighted by atomic mass is 16.5. The average molecular weight is 187 g/mol. The van der Waals surface area contributed by atoms with Crippen molar-refractivity contribution < 1.29 is 14.6 Å². The average Bonchev–Trinajstić information content (AvgIpc) is 2.14. The first kappa shape index (κ1) is 14.4. The highest BCUT2D eigenvalue weighted by Gasteiger charge is 1.99. The molecule has 0 fully saturated rings. The van der Waals surface area contributed by atoms with E-state index in [0.29, 0.717) is 12.1 Å². The van der Waals surface area contributed by atoms with Crippen molar-refractivity contribution in [3.05, 3.63) is 24.8 Å². The number of hydrogen-bond donors (Lipinski definition) is 2. The Balaban J connectivity index is 0. The van der Waals surface area contributed by atoms with E-state index in [1.54, 1.807) is 13.0 Å². The number of ether oxygens (including phenoxy) is 1. The van der Waals surface area contributed by atoms with Gasteiger partial charge in [0, 0.05) is 12.1 Å². The van der Waals surface area contributed by atoms with Crippen LogP contribution in [0.25, 0.3) is 0 Å². The third-order valence-corrected chi connectivity index (χ3v) is 0.840. The van der Waals surface area contributed by atoms with Gasteiger partial charge in [-0.15, -0.1) is 6.58 Å². The summed E-state index contributed by atoms with van der Waals surface area (Å²) < 4.78 is 4.46. The molecule has 0 rings (SSSR count). The molecule has 0 heterocycles. The molecule has 0 atom stereocenters. The third kappa shape index (κ3) is 13.8. The van der Waals surface area contributed by atoms with E-state index in [1.807, 2.05) is 0 Å². The van der Waals surface area contributed by atoms with Crippen LogP contribution in [-0.2, 0) is 9.53 Å². The second kappa shape index (κ2) is 10.9. The van der Waals surface area contributed by atoms with E-state index in [2.05, 4.69) is 17.9 Å². The van der Waals surface area contributed by atoms with Crippen molar-refractivity contribution in [1.29, 1.82) is 0 Å². The standard InChI is InChI=1S/C6H10O3.C3H7N/c1-5(2)6(8)9-4-3-7;1-2-3-4/h7H,1,3-4H2,2H3;2H,1,3-4H2. The molecular formula is C9H17NO3. The summed E-state index contributed by atoms with van der Waals surface area (Å²) in [5, 5.41) is 8.19. The topological polar surface area (TPSA) is 72.5 Å². The summed E-state index contributed by atoms with van der Waals surface area (Å²) in [5.41, 5.74) is 5.26. The van der Waals surface area contributed by atoms with Crippen molar-refractivity contribution >= 4 is 5.97 Å². The molecule has 13 heavy (non-hydrogen) atoms. The van der Waals surface area contributed by atoms with Gasteiger partial charge in [0.1, 0.15) is 6.61 Å². The van der Waals surface area contributed by atoms with E-state index < -0.39 is 5.97 Å². The normalized spacial score (nSPS) is 7.92. The molecule has 0 unspecified atom stereocenters. The summed E-state index contributed by atoms with van der Waals surface area (Å²) in [7, 11) is 0. The number of nitrogens with two attached hydrogens (primary N) is 1. The zero-order valence-electron chi connectivity index (χ0n) is 7.95. The van der Waals surface area contributed by atoms with E-state index in [0.717, 1.165) is 0 Å². The minimum absolute atomic E-state index is 0.0473. The Labute approximate surface area is 78.7 Å². The van der Waals surface area contributed by atoms with Crippen LogP contribution in [0.15, 0.2) is 24.8 Å². The fraction of sp³-hybridized carbons (Fsp3) is 0.444. The van der Waals surface area contributed by atoms with Crippen molar-refractivity contribution in [3.8, 4) is 0 Å². The lowest BCUT2D eigenvalue weighted by Crippen LogP contribution is -2.08. The van der Waals surface area contributed by atoms with E-state index in [-0.39, 0.29) is 13.2 Å². The molecule has 4 nitrogen and oxygen atoms in total. The zero-order chi connectivity index (χ0) is 10.7. The minimum Gasteiger partial charge on any atom is -0.460 e. The molecule has 0 aliphatic heterocycles. The molecule has 0 amide bonds. The molecule has 0 radical (unpaired) electrons. The second-order valence-electron chi connectivity index (χ2n) is 2.16. The molecule has 0 aromatic carbocycles. The first-order chi connectivity index (χ1) is 6.09. The maximum Gasteiger partial charge on any atom is 0.333 e. The molecule has 4 heteroatoms. The van der Waals surface area contributed by atoms with E-state index in [4.69, 9.17) is 10.8 Å². The van der Waals surface area contributed by atoms with E-state index in [1.165, 1.54) is 0 Å². The molecule has 0 saturated carbocycles. The molecular weight excluding hydrogens is 170 g/mol. The maximum atomic E-state index is 10.5. The monoisotopic (exact) mass is 187 g/mol. The second-order valence-corrected chi connectivity index (χ2v) is 2.16. The lowest BCUT2D eigenvalue weighted by atomic mass is 10.4. The summed E-state index contributed by atoms with van der Waals surface area (Å²) >= 11 is 0. The van der Waals surface area contributed by atoms with Gasteiger partial charge in [0.15, 0.2) is 0 Å². The molecule has 0 aromatic heterocycles. The van der Waals surface area contributed by atoms with Crippen LogP contribution < -0.4 is 5.73 Å². The van der Waals surface area contributed by atoms with Gasteiger partial charge in [-0.2, -0.15) is 0 Å². The summed E-state index contributed by atoms with van der Waals surface area (Å²) in [4.78, 5) is 10.5. The summed E-state index contributed by atoms with van der Waals surface area (Å²) in [6, 6.07) is 0. The molecule has 0 aromatic rings. The Hall–Kier alpha value is -1.13. The Morgan fingerprint density at radius 2 is 2.15 bits per heavy atom. The molecule has 3 N–H and O–H groups in total. The first-order valence-corrected chi connectivity index (χ1v) is 3.84. The molecule has 0 spiro atoms. The predicted octanol–water partition coefficient (Wildman–Crippen LogP) is 0.229. The molecule has 0 saturated heterocycles.